The van der Waals surface area contributed by atoms with Crippen LogP contribution >= 0.6 is 0 Å². The van der Waals surface area contributed by atoms with Crippen molar-refractivity contribution in [1.82, 2.24) is 9.80 Å². The molecule has 2 heteroatoms. The third-order valence-electron chi connectivity index (χ3n) is 4.12. The number of likely N-dealkylation sites (N-methyl/N-ethyl adjacent to an activating group) is 2. The normalized spacial score (nSPS) is 26.4. The van der Waals surface area contributed by atoms with Gasteiger partial charge in [-0.25, -0.2) is 0 Å². The Morgan fingerprint density at radius 1 is 1.06 bits per heavy atom. The summed E-state index contributed by atoms with van der Waals surface area (Å²) in [5.41, 5.74) is 1.48. The van der Waals surface area contributed by atoms with Gasteiger partial charge in [0.25, 0.3) is 0 Å². The molecule has 100 valence electrons. The van der Waals surface area contributed by atoms with Gasteiger partial charge in [-0.05, 0) is 26.1 Å². The van der Waals surface area contributed by atoms with Crippen LogP contribution in [0, 0.1) is 0 Å². The average Bonchev–Trinajstić information content (AvgIpc) is 2.39. The van der Waals surface area contributed by atoms with E-state index in [9.17, 15) is 0 Å². The Balaban J connectivity index is 2.00. The molecule has 0 aromatic heterocycles. The van der Waals surface area contributed by atoms with Crippen molar-refractivity contribution in [2.24, 2.45) is 0 Å². The maximum absolute atomic E-state index is 2.52. The zero-order valence-electron chi connectivity index (χ0n) is 12.0. The summed E-state index contributed by atoms with van der Waals surface area (Å²) in [5, 5.41) is 0. The Morgan fingerprint density at radius 3 is 2.22 bits per heavy atom. The topological polar surface area (TPSA) is 6.48 Å². The molecule has 1 aliphatic rings. The summed E-state index contributed by atoms with van der Waals surface area (Å²) in [7, 11) is 4.54. The Kier molecular flexibility index (Phi) is 4.79. The molecular formula is C16H26N2. The molecule has 0 N–H and O–H groups in total. The molecule has 1 fully saturated rings. The Bertz CT molecular complexity index is 337. The van der Waals surface area contributed by atoms with Crippen molar-refractivity contribution in [2.45, 2.75) is 38.3 Å². The number of rotatable bonds is 4. The number of hydrogen-bond acceptors (Lipinski definition) is 2. The molecule has 1 saturated heterocycles. The number of benzene rings is 1. The fraction of sp³-hybridized carbons (Fsp3) is 0.625. The molecule has 2 rings (SSSR count). The number of unbranched alkanes of at least 4 members (excludes halogenated alkanes) is 1. The summed E-state index contributed by atoms with van der Waals surface area (Å²) in [5.74, 6) is 0.652. The highest BCUT2D eigenvalue weighted by atomic mass is 15.4. The zero-order valence-corrected chi connectivity index (χ0v) is 12.0. The molecule has 2 nitrogen and oxygen atoms in total. The van der Waals surface area contributed by atoms with E-state index in [0.29, 0.717) is 12.1 Å². The standard InChI is InChI=1S/C16H26N2/c1-4-5-11-16-17(2)12-15(13-18(16)3)14-9-7-6-8-10-14/h6-10,15-16H,4-5,11-13H2,1-3H3. The highest BCUT2D eigenvalue weighted by molar-refractivity contribution is 5.21. The van der Waals surface area contributed by atoms with Crippen LogP contribution in [-0.4, -0.2) is 43.2 Å². The molecule has 0 aliphatic carbocycles. The van der Waals surface area contributed by atoms with Gasteiger partial charge in [-0.15, -0.1) is 0 Å². The Hall–Kier alpha value is -0.860. The second-order valence-electron chi connectivity index (χ2n) is 5.61. The highest BCUT2D eigenvalue weighted by Gasteiger charge is 2.29. The summed E-state index contributed by atoms with van der Waals surface area (Å²) in [6, 6.07) is 10.9. The summed E-state index contributed by atoms with van der Waals surface area (Å²) >= 11 is 0. The lowest BCUT2D eigenvalue weighted by molar-refractivity contribution is 0.0226. The Morgan fingerprint density at radius 2 is 1.67 bits per heavy atom. The van der Waals surface area contributed by atoms with E-state index in [4.69, 9.17) is 0 Å². The van der Waals surface area contributed by atoms with E-state index < -0.39 is 0 Å². The SMILES string of the molecule is CCCCC1N(C)CC(c2ccccc2)CN1C. The van der Waals surface area contributed by atoms with Crippen LogP contribution in [-0.2, 0) is 0 Å². The van der Waals surface area contributed by atoms with Crippen LogP contribution in [0.2, 0.25) is 0 Å². The molecular weight excluding hydrogens is 220 g/mol. The lowest BCUT2D eigenvalue weighted by Gasteiger charge is -2.44. The summed E-state index contributed by atoms with van der Waals surface area (Å²) in [6.07, 6.45) is 4.55. The third kappa shape index (κ3) is 3.12. The molecule has 0 atom stereocenters. The van der Waals surface area contributed by atoms with E-state index in [1.54, 1.807) is 0 Å². The van der Waals surface area contributed by atoms with E-state index in [1.807, 2.05) is 0 Å². The summed E-state index contributed by atoms with van der Waals surface area (Å²) in [4.78, 5) is 5.05. The van der Waals surface area contributed by atoms with Crippen molar-refractivity contribution >= 4 is 0 Å². The third-order valence-corrected chi connectivity index (χ3v) is 4.12. The number of nitrogens with zero attached hydrogens (tertiary/aromatic N) is 2. The van der Waals surface area contributed by atoms with Gasteiger partial charge < -0.3 is 0 Å². The molecule has 0 saturated carbocycles. The largest absolute Gasteiger partial charge is 0.290 e. The van der Waals surface area contributed by atoms with Gasteiger partial charge in [0.15, 0.2) is 0 Å². The quantitative estimate of drug-likeness (QED) is 0.805. The van der Waals surface area contributed by atoms with Crippen molar-refractivity contribution in [3.63, 3.8) is 0 Å². The molecule has 0 amide bonds. The van der Waals surface area contributed by atoms with Gasteiger partial charge in [-0.1, -0.05) is 50.1 Å². The minimum absolute atomic E-state index is 0.630. The highest BCUT2D eigenvalue weighted by Crippen LogP contribution is 2.26. The molecule has 18 heavy (non-hydrogen) atoms. The molecule has 1 heterocycles. The van der Waals surface area contributed by atoms with Gasteiger partial charge in [0.05, 0.1) is 6.17 Å². The van der Waals surface area contributed by atoms with Crippen molar-refractivity contribution in [1.29, 1.82) is 0 Å². The van der Waals surface area contributed by atoms with Gasteiger partial charge in [-0.3, -0.25) is 9.80 Å². The summed E-state index contributed by atoms with van der Waals surface area (Å²) in [6.45, 7) is 4.64. The molecule has 0 unspecified atom stereocenters. The second-order valence-corrected chi connectivity index (χ2v) is 5.61. The van der Waals surface area contributed by atoms with Gasteiger partial charge in [0.1, 0.15) is 0 Å². The zero-order chi connectivity index (χ0) is 13.0. The Labute approximate surface area is 112 Å². The lowest BCUT2D eigenvalue weighted by atomic mass is 9.94. The first-order chi connectivity index (χ1) is 8.72. The smallest absolute Gasteiger partial charge is 0.0617 e. The molecule has 0 bridgehead atoms. The van der Waals surface area contributed by atoms with Crippen LogP contribution in [0.1, 0.15) is 37.7 Å². The molecule has 0 radical (unpaired) electrons. The fourth-order valence-electron chi connectivity index (χ4n) is 3.10. The van der Waals surface area contributed by atoms with Crippen molar-refractivity contribution in [3.05, 3.63) is 35.9 Å². The van der Waals surface area contributed by atoms with Gasteiger partial charge in [0.2, 0.25) is 0 Å². The van der Waals surface area contributed by atoms with Crippen molar-refractivity contribution in [3.8, 4) is 0 Å². The van der Waals surface area contributed by atoms with Crippen LogP contribution in [0.25, 0.3) is 0 Å². The first kappa shape index (κ1) is 13.6. The predicted molar refractivity (Wildman–Crippen MR) is 77.8 cm³/mol. The fourth-order valence-corrected chi connectivity index (χ4v) is 3.10. The molecule has 1 aliphatic heterocycles. The number of hydrogen-bond donors (Lipinski definition) is 0. The average molecular weight is 246 g/mol. The molecule has 0 spiro atoms. The van der Waals surface area contributed by atoms with Gasteiger partial charge in [0, 0.05) is 19.0 Å². The second kappa shape index (κ2) is 6.35. The molecule has 1 aromatic rings. The van der Waals surface area contributed by atoms with Crippen LogP contribution < -0.4 is 0 Å². The van der Waals surface area contributed by atoms with E-state index in [0.717, 1.165) is 0 Å². The van der Waals surface area contributed by atoms with Gasteiger partial charge >= 0.3 is 0 Å². The van der Waals surface area contributed by atoms with E-state index in [2.05, 4.69) is 61.2 Å². The summed E-state index contributed by atoms with van der Waals surface area (Å²) < 4.78 is 0. The minimum atomic E-state index is 0.630. The monoisotopic (exact) mass is 246 g/mol. The molecule has 1 aromatic carbocycles. The van der Waals surface area contributed by atoms with Crippen LogP contribution in [0.4, 0.5) is 0 Å². The van der Waals surface area contributed by atoms with E-state index in [-0.39, 0.29) is 0 Å². The minimum Gasteiger partial charge on any atom is -0.290 e. The van der Waals surface area contributed by atoms with Crippen LogP contribution in [0.5, 0.6) is 0 Å². The van der Waals surface area contributed by atoms with Crippen molar-refractivity contribution in [2.75, 3.05) is 27.2 Å². The maximum atomic E-state index is 2.52. The maximum Gasteiger partial charge on any atom is 0.0617 e. The van der Waals surface area contributed by atoms with Crippen LogP contribution in [0.3, 0.4) is 0 Å². The first-order valence-corrected chi connectivity index (χ1v) is 7.17. The lowest BCUT2D eigenvalue weighted by Crippen LogP contribution is -2.53. The van der Waals surface area contributed by atoms with E-state index in [1.165, 1.54) is 37.9 Å². The first-order valence-electron chi connectivity index (χ1n) is 7.17. The van der Waals surface area contributed by atoms with E-state index >= 15 is 0 Å². The van der Waals surface area contributed by atoms with Crippen molar-refractivity contribution < 1.29 is 0 Å². The van der Waals surface area contributed by atoms with Crippen LogP contribution in [0.15, 0.2) is 30.3 Å². The van der Waals surface area contributed by atoms with Gasteiger partial charge in [-0.2, -0.15) is 0 Å². The predicted octanol–water partition coefficient (Wildman–Crippen LogP) is 3.16.